The van der Waals surface area contributed by atoms with Crippen molar-refractivity contribution in [1.29, 1.82) is 0 Å². The van der Waals surface area contributed by atoms with Crippen LogP contribution in [0.5, 0.6) is 5.75 Å². The standard InChI is InChI=1S/C16H21ClN2O5/c1-9(13(20)18-15(22)19-16(2,3)4)24-14(21)11-8-10(17)6-7-12(11)23-5/h6-9H,1-5H3,(H2,18,19,20,22)/t9-/m1/s1. The quantitative estimate of drug-likeness (QED) is 0.808. The minimum absolute atomic E-state index is 0.0868. The van der Waals surface area contributed by atoms with E-state index in [0.717, 1.165) is 0 Å². The van der Waals surface area contributed by atoms with Gasteiger partial charge in [0.15, 0.2) is 6.10 Å². The smallest absolute Gasteiger partial charge is 0.342 e. The van der Waals surface area contributed by atoms with Crippen molar-refractivity contribution in [1.82, 2.24) is 10.6 Å². The predicted octanol–water partition coefficient (Wildman–Crippen LogP) is 2.52. The monoisotopic (exact) mass is 356 g/mol. The minimum atomic E-state index is -1.17. The molecule has 132 valence electrons. The van der Waals surface area contributed by atoms with Crippen molar-refractivity contribution in [2.45, 2.75) is 39.3 Å². The summed E-state index contributed by atoms with van der Waals surface area (Å²) in [6.45, 7) is 6.67. The van der Waals surface area contributed by atoms with Crippen LogP contribution in [0.25, 0.3) is 0 Å². The van der Waals surface area contributed by atoms with E-state index in [2.05, 4.69) is 10.6 Å². The zero-order valence-corrected chi connectivity index (χ0v) is 15.0. The summed E-state index contributed by atoms with van der Waals surface area (Å²) in [7, 11) is 1.40. The van der Waals surface area contributed by atoms with Crippen LogP contribution < -0.4 is 15.4 Å². The van der Waals surface area contributed by atoms with Gasteiger partial charge in [-0.05, 0) is 45.9 Å². The fourth-order valence-electron chi connectivity index (χ4n) is 1.70. The Kier molecular flexibility index (Phi) is 6.60. The number of ether oxygens (including phenoxy) is 2. The number of methoxy groups -OCH3 is 1. The van der Waals surface area contributed by atoms with Crippen LogP contribution in [-0.4, -0.2) is 36.7 Å². The van der Waals surface area contributed by atoms with Crippen LogP contribution in [0.15, 0.2) is 18.2 Å². The molecule has 7 nitrogen and oxygen atoms in total. The lowest BCUT2D eigenvalue weighted by Gasteiger charge is -2.21. The number of imide groups is 1. The van der Waals surface area contributed by atoms with Crippen molar-refractivity contribution in [3.63, 3.8) is 0 Å². The summed E-state index contributed by atoms with van der Waals surface area (Å²) in [5, 5.41) is 5.00. The molecule has 2 N–H and O–H groups in total. The molecule has 0 unspecified atom stereocenters. The first-order chi connectivity index (χ1) is 11.0. The maximum absolute atomic E-state index is 12.2. The zero-order chi connectivity index (χ0) is 18.5. The lowest BCUT2D eigenvalue weighted by Crippen LogP contribution is -2.50. The second-order valence-corrected chi connectivity index (χ2v) is 6.52. The molecule has 0 aliphatic rings. The van der Waals surface area contributed by atoms with Gasteiger partial charge in [0.1, 0.15) is 11.3 Å². The Morgan fingerprint density at radius 3 is 2.38 bits per heavy atom. The Morgan fingerprint density at radius 1 is 1.21 bits per heavy atom. The largest absolute Gasteiger partial charge is 0.496 e. The number of carbonyl (C=O) groups excluding carboxylic acids is 3. The molecule has 8 heteroatoms. The van der Waals surface area contributed by atoms with Gasteiger partial charge in [-0.2, -0.15) is 0 Å². The topological polar surface area (TPSA) is 93.7 Å². The van der Waals surface area contributed by atoms with Gasteiger partial charge in [-0.1, -0.05) is 11.6 Å². The molecule has 1 rings (SSSR count). The van der Waals surface area contributed by atoms with Gasteiger partial charge in [0, 0.05) is 10.6 Å². The third kappa shape index (κ3) is 6.08. The van der Waals surface area contributed by atoms with Crippen LogP contribution in [0.3, 0.4) is 0 Å². The molecule has 0 aromatic heterocycles. The Labute approximate surface area is 145 Å². The number of hydrogen-bond acceptors (Lipinski definition) is 5. The molecule has 0 radical (unpaired) electrons. The molecule has 0 saturated carbocycles. The van der Waals surface area contributed by atoms with Crippen LogP contribution in [-0.2, 0) is 9.53 Å². The first-order valence-corrected chi connectivity index (χ1v) is 7.59. The molecule has 0 bridgehead atoms. The van der Waals surface area contributed by atoms with E-state index >= 15 is 0 Å². The number of rotatable bonds is 4. The van der Waals surface area contributed by atoms with Crippen molar-refractivity contribution in [2.75, 3.05) is 7.11 Å². The van der Waals surface area contributed by atoms with E-state index in [1.54, 1.807) is 26.8 Å². The Morgan fingerprint density at radius 2 is 1.83 bits per heavy atom. The number of halogens is 1. The van der Waals surface area contributed by atoms with Crippen LogP contribution in [0, 0.1) is 0 Å². The summed E-state index contributed by atoms with van der Waals surface area (Å²) in [6.07, 6.45) is -1.17. The Balaban J connectivity index is 2.72. The second kappa shape index (κ2) is 8.01. The van der Waals surface area contributed by atoms with Gasteiger partial charge < -0.3 is 14.8 Å². The highest BCUT2D eigenvalue weighted by molar-refractivity contribution is 6.31. The van der Waals surface area contributed by atoms with Crippen molar-refractivity contribution >= 4 is 29.5 Å². The van der Waals surface area contributed by atoms with E-state index in [-0.39, 0.29) is 11.3 Å². The fourth-order valence-corrected chi connectivity index (χ4v) is 1.87. The highest BCUT2D eigenvalue weighted by Gasteiger charge is 2.24. The fraction of sp³-hybridized carbons (Fsp3) is 0.438. The normalized spacial score (nSPS) is 12.1. The zero-order valence-electron chi connectivity index (χ0n) is 14.2. The first kappa shape index (κ1) is 19.8. The number of hydrogen-bond donors (Lipinski definition) is 2. The number of amides is 3. The molecule has 1 aromatic carbocycles. The van der Waals surface area contributed by atoms with Crippen LogP contribution in [0.2, 0.25) is 5.02 Å². The van der Waals surface area contributed by atoms with Gasteiger partial charge in [0.25, 0.3) is 5.91 Å². The van der Waals surface area contributed by atoms with E-state index in [1.165, 1.54) is 26.2 Å². The van der Waals surface area contributed by atoms with Gasteiger partial charge >= 0.3 is 12.0 Å². The van der Waals surface area contributed by atoms with Gasteiger partial charge in [0.05, 0.1) is 7.11 Å². The van der Waals surface area contributed by atoms with E-state index in [0.29, 0.717) is 5.02 Å². The molecular weight excluding hydrogens is 336 g/mol. The SMILES string of the molecule is COc1ccc(Cl)cc1C(=O)O[C@H](C)C(=O)NC(=O)NC(C)(C)C. The van der Waals surface area contributed by atoms with Crippen LogP contribution in [0.1, 0.15) is 38.1 Å². The molecule has 0 aliphatic carbocycles. The third-order valence-electron chi connectivity index (χ3n) is 2.76. The van der Waals surface area contributed by atoms with Gasteiger partial charge in [0.2, 0.25) is 0 Å². The van der Waals surface area contributed by atoms with Crippen molar-refractivity contribution in [3.8, 4) is 5.75 Å². The molecule has 0 fully saturated rings. The number of esters is 1. The van der Waals surface area contributed by atoms with Crippen molar-refractivity contribution < 1.29 is 23.9 Å². The van der Waals surface area contributed by atoms with Gasteiger partial charge in [-0.25, -0.2) is 9.59 Å². The maximum atomic E-state index is 12.2. The molecule has 1 atom stereocenters. The third-order valence-corrected chi connectivity index (χ3v) is 2.99. The lowest BCUT2D eigenvalue weighted by molar-refractivity contribution is -0.127. The molecule has 1 aromatic rings. The predicted molar refractivity (Wildman–Crippen MR) is 89.3 cm³/mol. The van der Waals surface area contributed by atoms with E-state index in [9.17, 15) is 14.4 Å². The Hall–Kier alpha value is -2.28. The number of benzene rings is 1. The molecule has 0 heterocycles. The van der Waals surface area contributed by atoms with E-state index < -0.39 is 29.6 Å². The average Bonchev–Trinajstić information content (AvgIpc) is 2.44. The molecule has 0 aliphatic heterocycles. The minimum Gasteiger partial charge on any atom is -0.496 e. The van der Waals surface area contributed by atoms with Crippen LogP contribution in [0.4, 0.5) is 4.79 Å². The van der Waals surface area contributed by atoms with E-state index in [1.807, 2.05) is 0 Å². The summed E-state index contributed by atoms with van der Waals surface area (Å²) < 4.78 is 10.1. The second-order valence-electron chi connectivity index (χ2n) is 6.09. The average molecular weight is 357 g/mol. The van der Waals surface area contributed by atoms with Crippen molar-refractivity contribution in [3.05, 3.63) is 28.8 Å². The molecular formula is C16H21ClN2O5. The maximum Gasteiger partial charge on any atom is 0.342 e. The molecule has 0 spiro atoms. The highest BCUT2D eigenvalue weighted by atomic mass is 35.5. The Bertz CT molecular complexity index is 640. The summed E-state index contributed by atoms with van der Waals surface area (Å²) in [6, 6.07) is 3.78. The summed E-state index contributed by atoms with van der Waals surface area (Å²) in [4.78, 5) is 35.7. The molecule has 0 saturated heterocycles. The number of carbonyl (C=O) groups is 3. The first-order valence-electron chi connectivity index (χ1n) is 7.21. The van der Waals surface area contributed by atoms with Crippen molar-refractivity contribution in [2.24, 2.45) is 0 Å². The summed E-state index contributed by atoms with van der Waals surface area (Å²) >= 11 is 5.85. The number of nitrogens with one attached hydrogen (secondary N) is 2. The molecule has 3 amide bonds. The van der Waals surface area contributed by atoms with Gasteiger partial charge in [-0.15, -0.1) is 0 Å². The summed E-state index contributed by atoms with van der Waals surface area (Å²) in [5.74, 6) is -1.26. The van der Waals surface area contributed by atoms with Gasteiger partial charge in [-0.3, -0.25) is 10.1 Å². The lowest BCUT2D eigenvalue weighted by atomic mass is 10.1. The summed E-state index contributed by atoms with van der Waals surface area (Å²) in [5.41, 5.74) is -0.415. The number of urea groups is 1. The van der Waals surface area contributed by atoms with E-state index in [4.69, 9.17) is 21.1 Å². The highest BCUT2D eigenvalue weighted by Crippen LogP contribution is 2.23. The molecule has 24 heavy (non-hydrogen) atoms. The van der Waals surface area contributed by atoms with Crippen LogP contribution >= 0.6 is 11.6 Å².